The molecule has 62 valence electrons. The van der Waals surface area contributed by atoms with E-state index in [0.29, 0.717) is 5.92 Å². The van der Waals surface area contributed by atoms with Crippen LogP contribution in [0.5, 0.6) is 0 Å². The van der Waals surface area contributed by atoms with Crippen LogP contribution >= 0.6 is 0 Å². The average molecular weight is 155 g/mol. The molecule has 2 fully saturated rings. The van der Waals surface area contributed by atoms with Crippen LogP contribution in [-0.4, -0.2) is 17.2 Å². The average Bonchev–Trinajstić information content (AvgIpc) is 2.45. The van der Waals surface area contributed by atoms with Crippen molar-refractivity contribution < 1.29 is 9.90 Å². The van der Waals surface area contributed by atoms with Gasteiger partial charge in [0.25, 0.3) is 0 Å². The molecule has 1 amide bonds. The molecule has 3 atom stereocenters. The van der Waals surface area contributed by atoms with Crippen molar-refractivity contribution in [2.24, 2.45) is 11.8 Å². The van der Waals surface area contributed by atoms with E-state index >= 15 is 0 Å². The van der Waals surface area contributed by atoms with Gasteiger partial charge < -0.3 is 10.4 Å². The van der Waals surface area contributed by atoms with Crippen molar-refractivity contribution in [1.82, 2.24) is 5.32 Å². The Morgan fingerprint density at radius 3 is 2.64 bits per heavy atom. The summed E-state index contributed by atoms with van der Waals surface area (Å²) in [6.07, 6.45) is 4.03. The van der Waals surface area contributed by atoms with Crippen LogP contribution in [0.4, 0.5) is 4.79 Å². The summed E-state index contributed by atoms with van der Waals surface area (Å²) >= 11 is 0. The number of amides is 1. The van der Waals surface area contributed by atoms with Crippen LogP contribution in [0.2, 0.25) is 0 Å². The van der Waals surface area contributed by atoms with Gasteiger partial charge in [0.2, 0.25) is 0 Å². The second-order valence-corrected chi connectivity index (χ2v) is 3.73. The van der Waals surface area contributed by atoms with Gasteiger partial charge in [0.05, 0.1) is 0 Å². The van der Waals surface area contributed by atoms with E-state index in [1.54, 1.807) is 0 Å². The second-order valence-electron chi connectivity index (χ2n) is 3.73. The van der Waals surface area contributed by atoms with Crippen LogP contribution in [0.3, 0.4) is 0 Å². The highest BCUT2D eigenvalue weighted by molar-refractivity contribution is 5.65. The number of rotatable bonds is 1. The summed E-state index contributed by atoms with van der Waals surface area (Å²) in [4.78, 5) is 10.3. The maximum Gasteiger partial charge on any atom is 0.404 e. The van der Waals surface area contributed by atoms with Gasteiger partial charge in [0.15, 0.2) is 0 Å². The zero-order chi connectivity index (χ0) is 7.84. The predicted molar refractivity (Wildman–Crippen MR) is 40.4 cm³/mol. The van der Waals surface area contributed by atoms with E-state index in [9.17, 15) is 4.79 Å². The summed E-state index contributed by atoms with van der Waals surface area (Å²) in [6, 6.07) is 0.270. The molecule has 0 aliphatic heterocycles. The molecule has 3 heteroatoms. The Bertz CT molecular complexity index is 181. The summed E-state index contributed by atoms with van der Waals surface area (Å²) in [5.74, 6) is 1.47. The van der Waals surface area contributed by atoms with Crippen molar-refractivity contribution in [2.45, 2.75) is 31.7 Å². The molecule has 0 aromatic carbocycles. The monoisotopic (exact) mass is 155 g/mol. The molecule has 2 N–H and O–H groups in total. The first-order valence-corrected chi connectivity index (χ1v) is 4.25. The van der Waals surface area contributed by atoms with Crippen LogP contribution in [0, 0.1) is 11.8 Å². The number of carboxylic acid groups (broad SMARTS) is 1. The van der Waals surface area contributed by atoms with E-state index in [1.165, 1.54) is 19.3 Å². The molecule has 0 heterocycles. The van der Waals surface area contributed by atoms with Gasteiger partial charge in [-0.2, -0.15) is 0 Å². The maximum atomic E-state index is 10.3. The minimum atomic E-state index is -0.859. The molecule has 0 unspecified atom stereocenters. The topological polar surface area (TPSA) is 49.3 Å². The Hall–Kier alpha value is -0.730. The smallest absolute Gasteiger partial charge is 0.404 e. The lowest BCUT2D eigenvalue weighted by Gasteiger charge is -2.20. The molecule has 2 bridgehead atoms. The predicted octanol–water partition coefficient (Wildman–Crippen LogP) is 1.44. The molecule has 0 saturated heterocycles. The highest BCUT2D eigenvalue weighted by Crippen LogP contribution is 2.44. The molecular formula is C8H13NO2. The Labute approximate surface area is 65.8 Å². The van der Waals surface area contributed by atoms with Crippen LogP contribution in [0.15, 0.2) is 0 Å². The third-order valence-corrected chi connectivity index (χ3v) is 3.05. The van der Waals surface area contributed by atoms with E-state index in [-0.39, 0.29) is 6.04 Å². The third kappa shape index (κ3) is 1.19. The second kappa shape index (κ2) is 2.40. The van der Waals surface area contributed by atoms with E-state index in [4.69, 9.17) is 5.11 Å². The van der Waals surface area contributed by atoms with Crippen LogP contribution < -0.4 is 5.32 Å². The molecule has 2 aliphatic rings. The minimum Gasteiger partial charge on any atom is -0.465 e. The molecule has 2 rings (SSSR count). The van der Waals surface area contributed by atoms with Crippen molar-refractivity contribution in [2.75, 3.05) is 0 Å². The van der Waals surface area contributed by atoms with Gasteiger partial charge in [0, 0.05) is 6.04 Å². The van der Waals surface area contributed by atoms with E-state index in [1.807, 2.05) is 0 Å². The molecule has 0 radical (unpaired) electrons. The van der Waals surface area contributed by atoms with Gasteiger partial charge >= 0.3 is 6.09 Å². The Balaban J connectivity index is 1.92. The van der Waals surface area contributed by atoms with Gasteiger partial charge in [-0.15, -0.1) is 0 Å². The zero-order valence-electron chi connectivity index (χ0n) is 6.42. The van der Waals surface area contributed by atoms with Crippen molar-refractivity contribution in [3.63, 3.8) is 0 Å². The van der Waals surface area contributed by atoms with E-state index in [0.717, 1.165) is 12.3 Å². The largest absolute Gasteiger partial charge is 0.465 e. The van der Waals surface area contributed by atoms with Crippen molar-refractivity contribution in [3.05, 3.63) is 0 Å². The number of hydrogen-bond donors (Lipinski definition) is 2. The normalized spacial score (nSPS) is 40.9. The zero-order valence-corrected chi connectivity index (χ0v) is 6.42. The fraction of sp³-hybridized carbons (Fsp3) is 0.875. The molecule has 11 heavy (non-hydrogen) atoms. The van der Waals surface area contributed by atoms with Crippen LogP contribution in [0.25, 0.3) is 0 Å². The standard InChI is InChI=1S/C8H13NO2/c10-8(11)9-7-4-5-1-2-6(7)3-5/h5-7,9H,1-4H2,(H,10,11)/t5-,6-,7+/m1/s1. The van der Waals surface area contributed by atoms with Crippen LogP contribution in [-0.2, 0) is 0 Å². The minimum absolute atomic E-state index is 0.270. The lowest BCUT2D eigenvalue weighted by atomic mass is 9.96. The SMILES string of the molecule is O=C(O)N[C@H]1C[C@@H]2CC[C@@H]1C2. The third-order valence-electron chi connectivity index (χ3n) is 3.05. The Kier molecular flexibility index (Phi) is 1.51. The lowest BCUT2D eigenvalue weighted by molar-refractivity contribution is 0.184. The lowest BCUT2D eigenvalue weighted by Crippen LogP contribution is -2.37. The summed E-state index contributed by atoms with van der Waals surface area (Å²) < 4.78 is 0. The van der Waals surface area contributed by atoms with Gasteiger partial charge in [-0.1, -0.05) is 6.42 Å². The Morgan fingerprint density at radius 1 is 1.36 bits per heavy atom. The van der Waals surface area contributed by atoms with E-state index in [2.05, 4.69) is 5.32 Å². The molecule has 3 nitrogen and oxygen atoms in total. The van der Waals surface area contributed by atoms with Gasteiger partial charge in [-0.05, 0) is 31.1 Å². The van der Waals surface area contributed by atoms with Gasteiger partial charge in [-0.25, -0.2) is 4.79 Å². The molecule has 2 saturated carbocycles. The Morgan fingerprint density at radius 2 is 2.18 bits per heavy atom. The number of fused-ring (bicyclic) bond motifs is 2. The van der Waals surface area contributed by atoms with Gasteiger partial charge in [-0.3, -0.25) is 0 Å². The molecule has 0 aromatic rings. The summed E-state index contributed by atoms with van der Waals surface area (Å²) in [6.45, 7) is 0. The molecular weight excluding hydrogens is 142 g/mol. The van der Waals surface area contributed by atoms with Crippen molar-refractivity contribution in [3.8, 4) is 0 Å². The number of hydrogen-bond acceptors (Lipinski definition) is 1. The quantitative estimate of drug-likeness (QED) is 0.602. The number of nitrogens with one attached hydrogen (secondary N) is 1. The maximum absolute atomic E-state index is 10.3. The number of carbonyl (C=O) groups is 1. The fourth-order valence-corrected chi connectivity index (χ4v) is 2.58. The first kappa shape index (κ1) is 6.95. The molecule has 0 spiro atoms. The summed E-state index contributed by atoms with van der Waals surface area (Å²) in [7, 11) is 0. The van der Waals surface area contributed by atoms with Crippen molar-refractivity contribution >= 4 is 6.09 Å². The highest BCUT2D eigenvalue weighted by Gasteiger charge is 2.39. The summed E-state index contributed by atoms with van der Waals surface area (Å²) in [5.41, 5.74) is 0. The van der Waals surface area contributed by atoms with Gasteiger partial charge in [0.1, 0.15) is 0 Å². The van der Waals surface area contributed by atoms with Crippen LogP contribution in [0.1, 0.15) is 25.7 Å². The first-order chi connectivity index (χ1) is 5.25. The fourth-order valence-electron chi connectivity index (χ4n) is 2.58. The molecule has 2 aliphatic carbocycles. The van der Waals surface area contributed by atoms with Crippen molar-refractivity contribution in [1.29, 1.82) is 0 Å². The van der Waals surface area contributed by atoms with E-state index < -0.39 is 6.09 Å². The highest BCUT2D eigenvalue weighted by atomic mass is 16.4. The summed E-state index contributed by atoms with van der Waals surface area (Å²) in [5, 5.41) is 11.1. The first-order valence-electron chi connectivity index (χ1n) is 4.25. The molecule has 0 aromatic heterocycles.